The molecule has 1 saturated heterocycles. The molecule has 1 aliphatic heterocycles. The van der Waals surface area contributed by atoms with E-state index < -0.39 is 0 Å². The van der Waals surface area contributed by atoms with Gasteiger partial charge < -0.3 is 14.7 Å². The number of amides is 3. The van der Waals surface area contributed by atoms with Crippen molar-refractivity contribution >= 4 is 17.7 Å². The van der Waals surface area contributed by atoms with Crippen molar-refractivity contribution in [1.82, 2.24) is 24.5 Å². The van der Waals surface area contributed by atoms with Crippen LogP contribution in [0.5, 0.6) is 0 Å². The molecule has 1 heterocycles. The summed E-state index contributed by atoms with van der Waals surface area (Å²) in [6.07, 6.45) is 52.8. The Morgan fingerprint density at radius 2 is 0.493 bits per heavy atom. The maximum atomic E-state index is 14.3. The highest BCUT2D eigenvalue weighted by Gasteiger charge is 2.28. The van der Waals surface area contributed by atoms with Gasteiger partial charge in [0, 0.05) is 32.7 Å². The topological polar surface area (TPSA) is 67.4 Å². The molecule has 0 bridgehead atoms. The Labute approximate surface area is 431 Å². The zero-order valence-corrected chi connectivity index (χ0v) is 47.4. The number of carbonyl (C=O) groups is 3. The summed E-state index contributed by atoms with van der Waals surface area (Å²) in [6.45, 7) is 19.4. The highest BCUT2D eigenvalue weighted by Crippen LogP contribution is 2.16. The summed E-state index contributed by atoms with van der Waals surface area (Å²) in [5.41, 5.74) is 0. The van der Waals surface area contributed by atoms with E-state index in [1.165, 1.54) is 238 Å². The van der Waals surface area contributed by atoms with Crippen molar-refractivity contribution in [1.29, 1.82) is 0 Å². The van der Waals surface area contributed by atoms with Crippen LogP contribution in [-0.4, -0.2) is 121 Å². The fraction of sp³-hybridized carbons (Fsp3) is 0.951. The fourth-order valence-electron chi connectivity index (χ4n) is 10.4. The molecule has 1 aliphatic rings. The third-order valence-corrected chi connectivity index (χ3v) is 15.2. The lowest BCUT2D eigenvalue weighted by atomic mass is 10.1. The van der Waals surface area contributed by atoms with Crippen LogP contribution in [0.4, 0.5) is 0 Å². The van der Waals surface area contributed by atoms with Crippen LogP contribution in [0.25, 0.3) is 0 Å². The molecule has 0 aliphatic carbocycles. The lowest BCUT2D eigenvalue weighted by Crippen LogP contribution is -2.55. The van der Waals surface area contributed by atoms with Crippen LogP contribution >= 0.6 is 0 Å². The normalized spacial score (nSPS) is 13.1. The third-order valence-electron chi connectivity index (χ3n) is 15.2. The molecule has 0 radical (unpaired) electrons. The van der Waals surface area contributed by atoms with Gasteiger partial charge in [-0.2, -0.15) is 0 Å². The quantitative estimate of drug-likeness (QED) is 0.0568. The van der Waals surface area contributed by atoms with Gasteiger partial charge in [-0.3, -0.25) is 24.2 Å². The maximum absolute atomic E-state index is 14.3. The summed E-state index contributed by atoms with van der Waals surface area (Å²) in [5.74, 6) is 0.395. The molecule has 69 heavy (non-hydrogen) atoms. The van der Waals surface area contributed by atoms with Crippen molar-refractivity contribution in [2.75, 3.05) is 78.5 Å². The van der Waals surface area contributed by atoms with E-state index in [9.17, 15) is 14.4 Å². The summed E-state index contributed by atoms with van der Waals surface area (Å²) in [4.78, 5) is 52.9. The second-order valence-corrected chi connectivity index (χ2v) is 21.9. The average Bonchev–Trinajstić information content (AvgIpc) is 3.35. The molecule has 0 aromatic heterocycles. The van der Waals surface area contributed by atoms with Crippen molar-refractivity contribution in [2.24, 2.45) is 0 Å². The van der Waals surface area contributed by atoms with Crippen molar-refractivity contribution in [2.45, 2.75) is 298 Å². The first-order valence-electron chi connectivity index (χ1n) is 31.2. The molecule has 0 aromatic rings. The summed E-state index contributed by atoms with van der Waals surface area (Å²) >= 11 is 0. The van der Waals surface area contributed by atoms with E-state index in [-0.39, 0.29) is 24.3 Å². The molecule has 0 atom stereocenters. The number of carbonyl (C=O) groups excluding carboxylic acids is 3. The largest absolute Gasteiger partial charge is 0.338 e. The molecule has 3 amide bonds. The van der Waals surface area contributed by atoms with Gasteiger partial charge in [0.25, 0.3) is 0 Å². The molecule has 0 spiro atoms. The molecular formula is C61H121N5O3. The average molecular weight is 973 g/mol. The van der Waals surface area contributed by atoms with Gasteiger partial charge in [-0.1, -0.05) is 266 Å². The van der Waals surface area contributed by atoms with E-state index in [1.54, 1.807) is 0 Å². The summed E-state index contributed by atoms with van der Waals surface area (Å²) in [5, 5.41) is 0. The first-order valence-corrected chi connectivity index (χ1v) is 31.2. The van der Waals surface area contributed by atoms with Gasteiger partial charge in [0.05, 0.1) is 19.6 Å². The second kappa shape index (κ2) is 49.9. The van der Waals surface area contributed by atoms with E-state index in [2.05, 4.69) is 44.4 Å². The number of hydrogen-bond donors (Lipinski definition) is 0. The van der Waals surface area contributed by atoms with Crippen LogP contribution in [0.2, 0.25) is 0 Å². The van der Waals surface area contributed by atoms with Crippen LogP contribution in [-0.2, 0) is 14.4 Å². The van der Waals surface area contributed by atoms with Crippen molar-refractivity contribution in [3.63, 3.8) is 0 Å². The van der Waals surface area contributed by atoms with E-state index >= 15 is 0 Å². The zero-order valence-electron chi connectivity index (χ0n) is 47.4. The van der Waals surface area contributed by atoms with Crippen molar-refractivity contribution in [3.05, 3.63) is 0 Å². The Morgan fingerprint density at radius 1 is 0.275 bits per heavy atom. The number of nitrogens with zero attached hydrogens (tertiary/aromatic N) is 5. The van der Waals surface area contributed by atoms with Crippen LogP contribution < -0.4 is 0 Å². The predicted octanol–water partition coefficient (Wildman–Crippen LogP) is 16.2. The van der Waals surface area contributed by atoms with Crippen LogP contribution in [0.1, 0.15) is 298 Å². The number of rotatable bonds is 52. The van der Waals surface area contributed by atoms with E-state index in [1.807, 2.05) is 14.7 Å². The fourth-order valence-corrected chi connectivity index (χ4v) is 10.4. The predicted molar refractivity (Wildman–Crippen MR) is 300 cm³/mol. The summed E-state index contributed by atoms with van der Waals surface area (Å²) < 4.78 is 0. The second-order valence-electron chi connectivity index (χ2n) is 21.9. The molecule has 8 heteroatoms. The van der Waals surface area contributed by atoms with Gasteiger partial charge in [-0.05, 0) is 58.3 Å². The molecule has 0 aromatic carbocycles. The van der Waals surface area contributed by atoms with Gasteiger partial charge >= 0.3 is 0 Å². The highest BCUT2D eigenvalue weighted by molar-refractivity contribution is 5.86. The minimum Gasteiger partial charge on any atom is -0.338 e. The number of hydrogen-bond acceptors (Lipinski definition) is 5. The molecule has 0 unspecified atom stereocenters. The molecule has 8 nitrogen and oxygen atoms in total. The van der Waals surface area contributed by atoms with Gasteiger partial charge in [-0.25, -0.2) is 0 Å². The highest BCUT2D eigenvalue weighted by atomic mass is 16.2. The minimum absolute atomic E-state index is 0.0498. The molecule has 1 rings (SSSR count). The number of unbranched alkanes of at least 4 members (excludes halogenated alkanes) is 36. The molecule has 0 N–H and O–H groups in total. The summed E-state index contributed by atoms with van der Waals surface area (Å²) in [6, 6.07) is 0. The van der Waals surface area contributed by atoms with Crippen LogP contribution in [0.15, 0.2) is 0 Å². The smallest absolute Gasteiger partial charge is 0.242 e. The van der Waals surface area contributed by atoms with Crippen LogP contribution in [0.3, 0.4) is 0 Å². The molecular weight excluding hydrogens is 851 g/mol. The molecule has 1 fully saturated rings. The first kappa shape index (κ1) is 65.3. The van der Waals surface area contributed by atoms with E-state index in [0.29, 0.717) is 45.8 Å². The lowest BCUT2D eigenvalue weighted by Gasteiger charge is -2.37. The Bertz CT molecular complexity index is 1090. The Kier molecular flexibility index (Phi) is 47.2. The van der Waals surface area contributed by atoms with Crippen molar-refractivity contribution in [3.8, 4) is 0 Å². The van der Waals surface area contributed by atoms with E-state index in [4.69, 9.17) is 0 Å². The standard InChI is InChI=1S/C61H121N5O3/c1-6-11-16-21-26-28-30-35-39-44-49-63(50-45-40-36-31-29-27-22-17-12-7-2)57-60(68)66(51-46-41-34-25-20-15-10-5)58-61(69)65-54-52-64(53-55-65)59(67)56-62(47-42-37-32-23-18-13-8-3)48-43-38-33-24-19-14-9-4/h6-58H2,1-5H3. The number of piperazine rings is 1. The third kappa shape index (κ3) is 39.5. The van der Waals surface area contributed by atoms with Gasteiger partial charge in [0.15, 0.2) is 0 Å². The summed E-state index contributed by atoms with van der Waals surface area (Å²) in [7, 11) is 0. The first-order chi connectivity index (χ1) is 33.9. The maximum Gasteiger partial charge on any atom is 0.242 e. The molecule has 408 valence electrons. The van der Waals surface area contributed by atoms with Gasteiger partial charge in [0.2, 0.25) is 17.7 Å². The SMILES string of the molecule is CCCCCCCCCCCCN(CCCCCCCCCCCC)CC(=O)N(CCCCCCCCC)CC(=O)N1CCN(C(=O)CN(CCCCCCCCC)CCCCCCCCC)CC1. The van der Waals surface area contributed by atoms with Crippen LogP contribution in [0, 0.1) is 0 Å². The van der Waals surface area contributed by atoms with Gasteiger partial charge in [-0.15, -0.1) is 0 Å². The Hall–Kier alpha value is -1.67. The van der Waals surface area contributed by atoms with Gasteiger partial charge in [0.1, 0.15) is 0 Å². The zero-order chi connectivity index (χ0) is 50.1. The Morgan fingerprint density at radius 3 is 0.768 bits per heavy atom. The monoisotopic (exact) mass is 972 g/mol. The minimum atomic E-state index is 0.0498. The lowest BCUT2D eigenvalue weighted by molar-refractivity contribution is -0.144. The van der Waals surface area contributed by atoms with E-state index in [0.717, 1.165) is 51.9 Å². The van der Waals surface area contributed by atoms with Crippen molar-refractivity contribution < 1.29 is 14.4 Å². The molecule has 0 saturated carbocycles. The Balaban J connectivity index is 2.86.